The second kappa shape index (κ2) is 40.7. The van der Waals surface area contributed by atoms with Gasteiger partial charge in [-0.25, -0.2) is 34.5 Å². The van der Waals surface area contributed by atoms with Crippen LogP contribution < -0.4 is 153 Å². The van der Waals surface area contributed by atoms with Crippen molar-refractivity contribution in [3.8, 4) is 29.0 Å². The van der Waals surface area contributed by atoms with Gasteiger partial charge in [-0.1, -0.05) is 50.7 Å². The zero-order valence-corrected chi connectivity index (χ0v) is 60.7. The van der Waals surface area contributed by atoms with Crippen molar-refractivity contribution in [2.24, 2.45) is 0 Å². The quantitative estimate of drug-likeness (QED) is 0.0356. The van der Waals surface area contributed by atoms with Crippen LogP contribution >= 0.6 is 82.1 Å². The Morgan fingerprint density at radius 2 is 1.01 bits per heavy atom. The summed E-state index contributed by atoms with van der Waals surface area (Å²) in [6, 6.07) is 46.3. The van der Waals surface area contributed by atoms with Crippen LogP contribution in [0.2, 0.25) is 5.15 Å². The smallest absolute Gasteiger partial charge is 1.00 e. The minimum absolute atomic E-state index is 0. The summed E-state index contributed by atoms with van der Waals surface area (Å²) in [5.74, 6) is 1.44. The molecule has 0 aliphatic rings. The Balaban J connectivity index is 0.00000100. The summed E-state index contributed by atoms with van der Waals surface area (Å²) in [6.07, 6.45) is 4.95. The summed E-state index contributed by atoms with van der Waals surface area (Å²) >= 11 is 18.6. The number of thiazole rings is 2. The van der Waals surface area contributed by atoms with E-state index in [1.807, 2.05) is 78.3 Å². The molecule has 0 spiro atoms. The number of aromatic hydroxyl groups is 1. The minimum Gasteiger partial charge on any atom is -1.00 e. The number of nitrogens with zero attached hydrogens (tertiary/aromatic N) is 5. The fraction of sp³-hybridized carbons (Fsp3) is 0.0727. The number of carbonyl (C=O) groups is 4. The Hall–Kier alpha value is -3.40. The van der Waals surface area contributed by atoms with E-state index < -0.39 is 5.97 Å². The Morgan fingerprint density at radius 1 is 0.582 bits per heavy atom. The molecule has 0 fully saturated rings. The minimum atomic E-state index is -0.398. The number of para-hydroxylation sites is 2. The van der Waals surface area contributed by atoms with Gasteiger partial charge in [-0.05, 0) is 181 Å². The molecule has 16 nitrogen and oxygen atoms in total. The van der Waals surface area contributed by atoms with Crippen LogP contribution in [0.15, 0.2) is 195 Å². The van der Waals surface area contributed by atoms with E-state index in [0.29, 0.717) is 50.1 Å². The molecule has 0 atom stereocenters. The zero-order chi connectivity index (χ0) is 54.0. The molecule has 0 amide bonds. The molecular formula is C55H47Br3ClCs2N5O11S2. The van der Waals surface area contributed by atoms with Crippen molar-refractivity contribution in [2.45, 2.75) is 14.9 Å². The summed E-state index contributed by atoms with van der Waals surface area (Å²) in [4.78, 5) is 66.5. The van der Waals surface area contributed by atoms with E-state index in [0.717, 1.165) is 29.2 Å². The maximum absolute atomic E-state index is 12.6. The van der Waals surface area contributed by atoms with Gasteiger partial charge in [0.05, 0.1) is 64.7 Å². The number of carbonyl (C=O) groups excluding carboxylic acids is 4. The Morgan fingerprint density at radius 3 is 1.43 bits per heavy atom. The first kappa shape index (κ1) is 73.6. The van der Waals surface area contributed by atoms with Gasteiger partial charge in [-0.3, -0.25) is 9.59 Å². The predicted molar refractivity (Wildman–Crippen MR) is 309 cm³/mol. The summed E-state index contributed by atoms with van der Waals surface area (Å²) in [6.45, 7) is -0.181. The van der Waals surface area contributed by atoms with Crippen molar-refractivity contribution >= 4 is 127 Å². The van der Waals surface area contributed by atoms with Crippen LogP contribution in [0.3, 0.4) is 0 Å². The van der Waals surface area contributed by atoms with Crippen LogP contribution in [0.5, 0.6) is 29.0 Å². The van der Waals surface area contributed by atoms with E-state index in [2.05, 4.69) is 93.1 Å². The molecule has 0 saturated carbocycles. The first-order valence-electron chi connectivity index (χ1n) is 21.2. The number of benzene rings is 5. The van der Waals surface area contributed by atoms with Gasteiger partial charge in [0.2, 0.25) is 17.5 Å². The zero-order valence-electron chi connectivity index (χ0n) is 42.0. The van der Waals surface area contributed by atoms with Crippen molar-refractivity contribution in [2.75, 3.05) is 14.2 Å². The van der Waals surface area contributed by atoms with Crippen molar-refractivity contribution in [1.29, 1.82) is 0 Å². The van der Waals surface area contributed by atoms with Gasteiger partial charge >= 0.3 is 150 Å². The summed E-state index contributed by atoms with van der Waals surface area (Å²) in [7, 11) is 2.66. The molecule has 79 heavy (non-hydrogen) atoms. The molecule has 10 rings (SSSR count). The predicted octanol–water partition coefficient (Wildman–Crippen LogP) is 8.70. The van der Waals surface area contributed by atoms with Crippen molar-refractivity contribution < 1.29 is 193 Å². The number of phenolic OH excluding ortho intramolecular Hbond substituents is 1. The molecule has 1 N–H and O–H groups in total. The normalized spacial score (nSPS) is 9.30. The topological polar surface area (TPSA) is 222 Å². The summed E-state index contributed by atoms with van der Waals surface area (Å²) in [5.41, 5.74) is 5.30. The number of ketones is 1. The number of fused-ring (bicyclic) bond motifs is 2. The van der Waals surface area contributed by atoms with E-state index in [1.54, 1.807) is 84.5 Å². The third-order valence-electron chi connectivity index (χ3n) is 9.04. The third kappa shape index (κ3) is 25.3. The van der Waals surface area contributed by atoms with Crippen molar-refractivity contribution in [1.82, 2.24) is 24.9 Å². The molecule has 400 valence electrons. The van der Waals surface area contributed by atoms with Gasteiger partial charge in [0.1, 0.15) is 22.4 Å². The number of hydrogen-bond acceptors (Lipinski definition) is 18. The van der Waals surface area contributed by atoms with E-state index >= 15 is 0 Å². The van der Waals surface area contributed by atoms with E-state index in [9.17, 15) is 14.4 Å². The molecule has 0 saturated heterocycles. The average Bonchev–Trinajstić information content (AvgIpc) is 4.12. The molecule has 0 radical (unpaired) electrons. The fourth-order valence-electron chi connectivity index (χ4n) is 5.55. The van der Waals surface area contributed by atoms with Crippen LogP contribution in [0.25, 0.3) is 20.4 Å². The van der Waals surface area contributed by atoms with E-state index in [-0.39, 0.29) is 178 Å². The molecule has 0 unspecified atom stereocenters. The van der Waals surface area contributed by atoms with E-state index in [1.165, 1.54) is 54.5 Å². The molecular weight excluding hydrogens is 1510 g/mol. The second-order valence-electron chi connectivity index (χ2n) is 14.0. The number of esters is 2. The number of halogens is 4. The fourth-order valence-corrected chi connectivity index (χ4v) is 8.20. The molecule has 10 aromatic rings. The monoisotopic (exact) mass is 1550 g/mol. The van der Waals surface area contributed by atoms with Gasteiger partial charge in [0.15, 0.2) is 5.01 Å². The molecule has 24 heteroatoms. The van der Waals surface area contributed by atoms with Gasteiger partial charge in [-0.2, -0.15) is 0 Å². The van der Waals surface area contributed by atoms with E-state index in [4.69, 9.17) is 36.2 Å². The average molecular weight is 1560 g/mol. The maximum Gasteiger partial charge on any atom is 1.00 e. The van der Waals surface area contributed by atoms with Crippen molar-refractivity contribution in [3.05, 3.63) is 222 Å². The van der Waals surface area contributed by atoms with Gasteiger partial charge in [-0.15, -0.1) is 22.7 Å². The number of pyridine rings is 3. The van der Waals surface area contributed by atoms with Gasteiger partial charge in [0, 0.05) is 24.2 Å². The van der Waals surface area contributed by atoms with Crippen LogP contribution in [-0.2, 0) is 19.2 Å². The Kier molecular flexibility index (Phi) is 38.0. The molecule has 5 heterocycles. The third-order valence-corrected chi connectivity index (χ3v) is 13.3. The van der Waals surface area contributed by atoms with Gasteiger partial charge in [0.25, 0.3) is 6.47 Å². The number of methoxy groups -OCH3 is 2. The first-order valence-corrected chi connectivity index (χ1v) is 25.7. The Labute approximate surface area is 613 Å². The molecule has 5 aromatic heterocycles. The number of rotatable bonds is 9. The first-order chi connectivity index (χ1) is 36.3. The Bertz CT molecular complexity index is 3350. The number of ether oxygens (including phenoxy) is 4. The molecule has 0 aliphatic carbocycles. The standard InChI is InChI=1S/C19H11BrN2O2S.C13H10BrNO3.C8H8O3.C7H5NS.C5H3BrClN.CH2O3.2CH4.2Cs.H/c20-14-4-3-11-21-18(14)24-13-9-7-12(8-10-13)17(23)19-22-15-5-1-2-6-16(15)25-19;1-17-13(16)9-4-6-10(7-5-9)18-12-11(14)3-2-8-15-12;1-11-8(10)6-2-4-7(9)5-3-6;1-2-4-7-6(3-1)8-5-9-7;6-4-2-1-3-8-5(4)7;2-1-4-3;;;;;/h1-11H;2-8H,1H3;2-5,9H,1H3;1-5H;1-3H;1,3H;2*1H4;;;/q;;;;;;;;2*+1;-1/p-1. The van der Waals surface area contributed by atoms with Crippen LogP contribution in [-0.4, -0.2) is 68.4 Å². The molecule has 0 bridgehead atoms. The SMILES string of the molecule is C.C.COC(=O)c1ccc(O)cc1.COC(=O)c1ccc(Oc2ncccc2Br)cc1.Clc1ncccc1Br.O=C(c1ccc(Oc2ncccc2Br)cc1)c1nc2ccccc2s1.O=CO[O-].[Cs+].[Cs+].[H-].c1ccc2scnc2c1. The second-order valence-corrected chi connectivity index (χ2v) is 18.8. The number of phenols is 1. The largest absolute Gasteiger partial charge is 1.00 e. The molecule has 5 aromatic carbocycles. The molecule has 0 aliphatic heterocycles. The van der Waals surface area contributed by atoms with Crippen molar-refractivity contribution in [3.63, 3.8) is 0 Å². The number of aromatic nitrogens is 5. The number of hydrogen-bond donors (Lipinski definition) is 1. The van der Waals surface area contributed by atoms with Crippen LogP contribution in [0.4, 0.5) is 0 Å². The maximum atomic E-state index is 12.6. The van der Waals surface area contributed by atoms with Gasteiger partial charge < -0.3 is 35.6 Å². The van der Waals surface area contributed by atoms with Crippen LogP contribution in [0, 0.1) is 0 Å². The van der Waals surface area contributed by atoms with Crippen LogP contribution in [0.1, 0.15) is 52.4 Å². The summed E-state index contributed by atoms with van der Waals surface area (Å²) in [5, 5.41) is 18.3. The summed E-state index contributed by atoms with van der Waals surface area (Å²) < 4.78 is 25.0.